The second kappa shape index (κ2) is 11.4. The predicted molar refractivity (Wildman–Crippen MR) is 116 cm³/mol. The van der Waals surface area contributed by atoms with E-state index in [9.17, 15) is 9.59 Å². The number of ketones is 1. The number of rotatable bonds is 11. The van der Waals surface area contributed by atoms with E-state index in [0.29, 0.717) is 12.1 Å². The van der Waals surface area contributed by atoms with Crippen molar-refractivity contribution >= 4 is 11.7 Å². The number of nitrogens with one attached hydrogen (secondary N) is 1. The lowest BCUT2D eigenvalue weighted by Crippen LogP contribution is -2.38. The third-order valence-electron chi connectivity index (χ3n) is 5.27. The first-order valence-electron chi connectivity index (χ1n) is 10.2. The lowest BCUT2D eigenvalue weighted by atomic mass is 10.0. The van der Waals surface area contributed by atoms with Crippen LogP contribution in [0.25, 0.3) is 0 Å². The molecule has 5 nitrogen and oxygen atoms in total. The standard InChI is InChI=1S/C24H32N2O3/c1-5-26(6-2)22(19-11-13-20(29-4)14-12-19)17-25-24(28)16-15-23(27)21-10-8-7-9-18(21)3/h7-14,22H,5-6,15-17H2,1-4H3,(H,25,28). The van der Waals surface area contributed by atoms with Crippen LogP contribution in [-0.4, -0.2) is 43.3 Å². The van der Waals surface area contributed by atoms with Gasteiger partial charge in [0.1, 0.15) is 5.75 Å². The Hall–Kier alpha value is -2.66. The first-order chi connectivity index (χ1) is 14.0. The van der Waals surface area contributed by atoms with Gasteiger partial charge in [-0.2, -0.15) is 0 Å². The molecule has 0 aliphatic heterocycles. The van der Waals surface area contributed by atoms with Crippen molar-refractivity contribution in [1.29, 1.82) is 0 Å². The first kappa shape index (κ1) is 22.6. The van der Waals surface area contributed by atoms with Crippen molar-refractivity contribution in [3.05, 3.63) is 65.2 Å². The molecular weight excluding hydrogens is 364 g/mol. The molecule has 2 aromatic rings. The average Bonchev–Trinajstić information content (AvgIpc) is 2.75. The summed E-state index contributed by atoms with van der Waals surface area (Å²) in [6.07, 6.45) is 0.413. The van der Waals surface area contributed by atoms with Gasteiger partial charge in [0, 0.05) is 24.9 Å². The fourth-order valence-electron chi connectivity index (χ4n) is 3.49. The van der Waals surface area contributed by atoms with Crippen LogP contribution < -0.4 is 10.1 Å². The summed E-state index contributed by atoms with van der Waals surface area (Å²) in [5.74, 6) is 0.720. The van der Waals surface area contributed by atoms with E-state index in [2.05, 4.69) is 24.1 Å². The Morgan fingerprint density at radius 2 is 1.66 bits per heavy atom. The third-order valence-corrected chi connectivity index (χ3v) is 5.27. The molecule has 0 saturated carbocycles. The third kappa shape index (κ3) is 6.43. The van der Waals surface area contributed by atoms with Crippen molar-refractivity contribution in [2.45, 2.75) is 39.7 Å². The van der Waals surface area contributed by atoms with Crippen molar-refractivity contribution in [2.24, 2.45) is 0 Å². The van der Waals surface area contributed by atoms with Crippen LogP contribution in [0.5, 0.6) is 5.75 Å². The highest BCUT2D eigenvalue weighted by Crippen LogP contribution is 2.22. The molecule has 0 fully saturated rings. The molecule has 2 rings (SSSR count). The number of methoxy groups -OCH3 is 1. The number of ether oxygens (including phenoxy) is 1. The summed E-state index contributed by atoms with van der Waals surface area (Å²) in [5.41, 5.74) is 2.77. The molecule has 0 aromatic heterocycles. The molecule has 1 amide bonds. The number of likely N-dealkylation sites (N-methyl/N-ethyl adjacent to an activating group) is 1. The van der Waals surface area contributed by atoms with Gasteiger partial charge in [0.15, 0.2) is 5.78 Å². The Morgan fingerprint density at radius 3 is 2.24 bits per heavy atom. The van der Waals surface area contributed by atoms with Crippen LogP contribution in [0, 0.1) is 6.92 Å². The normalized spacial score (nSPS) is 11.9. The van der Waals surface area contributed by atoms with Crippen LogP contribution in [0.4, 0.5) is 0 Å². The average molecular weight is 397 g/mol. The number of Topliss-reactive ketones (excluding diaryl/α,β-unsaturated/α-hetero) is 1. The maximum atomic E-state index is 12.4. The highest BCUT2D eigenvalue weighted by atomic mass is 16.5. The number of nitrogens with zero attached hydrogens (tertiary/aromatic N) is 1. The van der Waals surface area contributed by atoms with Gasteiger partial charge >= 0.3 is 0 Å². The predicted octanol–water partition coefficient (Wildman–Crippen LogP) is 4.17. The van der Waals surface area contributed by atoms with Gasteiger partial charge in [-0.25, -0.2) is 0 Å². The van der Waals surface area contributed by atoms with Crippen LogP contribution >= 0.6 is 0 Å². The number of benzene rings is 2. The molecule has 5 heteroatoms. The molecule has 2 aromatic carbocycles. The molecule has 0 bridgehead atoms. The van der Waals surface area contributed by atoms with Crippen LogP contribution in [-0.2, 0) is 4.79 Å². The van der Waals surface area contributed by atoms with Crippen molar-refractivity contribution in [2.75, 3.05) is 26.7 Å². The Labute approximate surface area is 174 Å². The van der Waals surface area contributed by atoms with Crippen molar-refractivity contribution in [3.63, 3.8) is 0 Å². The van der Waals surface area contributed by atoms with Crippen LogP contribution in [0.15, 0.2) is 48.5 Å². The minimum absolute atomic E-state index is 0.00805. The minimum Gasteiger partial charge on any atom is -0.497 e. The number of carbonyl (C=O) groups excluding carboxylic acids is 2. The van der Waals surface area contributed by atoms with E-state index in [-0.39, 0.29) is 30.6 Å². The maximum absolute atomic E-state index is 12.4. The zero-order chi connectivity index (χ0) is 21.2. The number of amides is 1. The smallest absolute Gasteiger partial charge is 0.220 e. The summed E-state index contributed by atoms with van der Waals surface area (Å²) in [7, 11) is 1.65. The summed E-state index contributed by atoms with van der Waals surface area (Å²) in [6.45, 7) is 8.41. The molecule has 0 spiro atoms. The Kier molecular flexibility index (Phi) is 8.87. The molecule has 0 heterocycles. The van der Waals surface area contributed by atoms with E-state index in [1.54, 1.807) is 7.11 Å². The van der Waals surface area contributed by atoms with E-state index in [4.69, 9.17) is 4.74 Å². The van der Waals surface area contributed by atoms with Gasteiger partial charge in [-0.15, -0.1) is 0 Å². The largest absolute Gasteiger partial charge is 0.497 e. The van der Waals surface area contributed by atoms with Gasteiger partial charge in [0.05, 0.1) is 13.2 Å². The fourth-order valence-corrected chi connectivity index (χ4v) is 3.49. The molecule has 0 saturated heterocycles. The molecule has 0 radical (unpaired) electrons. The number of hydrogen-bond acceptors (Lipinski definition) is 4. The summed E-state index contributed by atoms with van der Waals surface area (Å²) in [6, 6.07) is 15.5. The Balaban J connectivity index is 1.96. The summed E-state index contributed by atoms with van der Waals surface area (Å²) in [4.78, 5) is 27.1. The summed E-state index contributed by atoms with van der Waals surface area (Å²) in [5, 5.41) is 3.02. The zero-order valence-electron chi connectivity index (χ0n) is 17.9. The molecule has 156 valence electrons. The van der Waals surface area contributed by atoms with Gasteiger partial charge in [-0.3, -0.25) is 14.5 Å². The van der Waals surface area contributed by atoms with E-state index >= 15 is 0 Å². The lowest BCUT2D eigenvalue weighted by Gasteiger charge is -2.30. The van der Waals surface area contributed by atoms with Gasteiger partial charge < -0.3 is 10.1 Å². The topological polar surface area (TPSA) is 58.6 Å². The highest BCUT2D eigenvalue weighted by molar-refractivity contribution is 5.99. The van der Waals surface area contributed by atoms with E-state index < -0.39 is 0 Å². The van der Waals surface area contributed by atoms with E-state index in [1.165, 1.54) is 0 Å². The maximum Gasteiger partial charge on any atom is 0.220 e. The lowest BCUT2D eigenvalue weighted by molar-refractivity contribution is -0.121. The van der Waals surface area contributed by atoms with Crippen molar-refractivity contribution in [3.8, 4) is 5.75 Å². The van der Waals surface area contributed by atoms with Gasteiger partial charge in [0.25, 0.3) is 0 Å². The minimum atomic E-state index is -0.0994. The molecular formula is C24H32N2O3. The molecule has 0 aliphatic rings. The zero-order valence-corrected chi connectivity index (χ0v) is 17.9. The first-order valence-corrected chi connectivity index (χ1v) is 10.2. The van der Waals surface area contributed by atoms with Crippen molar-refractivity contribution < 1.29 is 14.3 Å². The summed E-state index contributed by atoms with van der Waals surface area (Å²) < 4.78 is 5.24. The number of carbonyl (C=O) groups is 2. The quantitative estimate of drug-likeness (QED) is 0.579. The molecule has 1 N–H and O–H groups in total. The monoisotopic (exact) mass is 396 g/mol. The number of hydrogen-bond donors (Lipinski definition) is 1. The number of aryl methyl sites for hydroxylation is 1. The molecule has 1 atom stereocenters. The SMILES string of the molecule is CCN(CC)C(CNC(=O)CCC(=O)c1ccccc1C)c1ccc(OC)cc1. The Morgan fingerprint density at radius 1 is 1.00 bits per heavy atom. The second-order valence-corrected chi connectivity index (χ2v) is 7.05. The Bertz CT molecular complexity index is 798. The highest BCUT2D eigenvalue weighted by Gasteiger charge is 2.19. The van der Waals surface area contributed by atoms with Crippen LogP contribution in [0.2, 0.25) is 0 Å². The molecule has 1 unspecified atom stereocenters. The van der Waals surface area contributed by atoms with E-state index in [1.807, 2.05) is 55.5 Å². The summed E-state index contributed by atoms with van der Waals surface area (Å²) >= 11 is 0. The second-order valence-electron chi connectivity index (χ2n) is 7.05. The molecule has 29 heavy (non-hydrogen) atoms. The van der Waals surface area contributed by atoms with E-state index in [0.717, 1.165) is 30.0 Å². The van der Waals surface area contributed by atoms with Crippen LogP contribution in [0.3, 0.4) is 0 Å². The van der Waals surface area contributed by atoms with Gasteiger partial charge in [-0.05, 0) is 43.3 Å². The van der Waals surface area contributed by atoms with Crippen LogP contribution in [0.1, 0.15) is 54.2 Å². The van der Waals surface area contributed by atoms with Gasteiger partial charge in [0.2, 0.25) is 5.91 Å². The fraction of sp³-hybridized carbons (Fsp3) is 0.417. The van der Waals surface area contributed by atoms with Gasteiger partial charge in [-0.1, -0.05) is 50.2 Å². The van der Waals surface area contributed by atoms with Crippen molar-refractivity contribution in [1.82, 2.24) is 10.2 Å². The molecule has 0 aliphatic carbocycles.